The number of hydrogen-bond acceptors (Lipinski definition) is 3. The van der Waals surface area contributed by atoms with E-state index in [1.54, 1.807) is 0 Å². The van der Waals surface area contributed by atoms with Crippen LogP contribution >= 0.6 is 0 Å². The highest BCUT2D eigenvalue weighted by molar-refractivity contribution is 5.76. The number of nitrogens with one attached hydrogen (secondary N) is 1. The van der Waals surface area contributed by atoms with Crippen molar-refractivity contribution in [3.05, 3.63) is 36.5 Å². The van der Waals surface area contributed by atoms with Gasteiger partial charge in [0.05, 0.1) is 18.8 Å². The largest absolute Gasteiger partial charge is 0.394 e. The normalized spacial score (nSPS) is 13.2. The lowest BCUT2D eigenvalue weighted by Gasteiger charge is -2.22. The molecule has 0 aromatic rings. The molecule has 306 valence electrons. The molecule has 2 unspecified atom stereocenters. The molecule has 4 heteroatoms. The molecular weight excluding hydrogens is 639 g/mol. The fourth-order valence-corrected chi connectivity index (χ4v) is 7.07. The Hall–Kier alpha value is -1.39. The lowest BCUT2D eigenvalue weighted by Crippen LogP contribution is -2.45. The molecule has 0 saturated carbocycles. The van der Waals surface area contributed by atoms with Gasteiger partial charge in [0.2, 0.25) is 5.91 Å². The summed E-state index contributed by atoms with van der Waals surface area (Å²) in [6.07, 6.45) is 58.6. The highest BCUT2D eigenvalue weighted by Crippen LogP contribution is 2.16. The van der Waals surface area contributed by atoms with Crippen molar-refractivity contribution in [2.24, 2.45) is 0 Å². The van der Waals surface area contributed by atoms with Gasteiger partial charge in [0, 0.05) is 6.42 Å². The molecule has 0 spiro atoms. The van der Waals surface area contributed by atoms with Crippen LogP contribution in [0.4, 0.5) is 0 Å². The van der Waals surface area contributed by atoms with E-state index in [0.29, 0.717) is 12.8 Å². The third-order valence-corrected chi connectivity index (χ3v) is 10.7. The molecule has 2 atom stereocenters. The minimum Gasteiger partial charge on any atom is -0.394 e. The number of aliphatic hydroxyl groups is 2. The molecule has 0 aliphatic carbocycles. The Kier molecular flexibility index (Phi) is 42.8. The van der Waals surface area contributed by atoms with E-state index >= 15 is 0 Å². The van der Waals surface area contributed by atoms with Crippen LogP contribution < -0.4 is 5.32 Å². The molecular formula is C48H91NO3. The third kappa shape index (κ3) is 39.8. The molecule has 0 rings (SSSR count). The van der Waals surface area contributed by atoms with E-state index in [-0.39, 0.29) is 12.5 Å². The molecule has 3 N–H and O–H groups in total. The average molecular weight is 730 g/mol. The van der Waals surface area contributed by atoms with Crippen LogP contribution in [-0.2, 0) is 4.79 Å². The summed E-state index contributed by atoms with van der Waals surface area (Å²) < 4.78 is 0. The molecule has 4 nitrogen and oxygen atoms in total. The van der Waals surface area contributed by atoms with Crippen LogP contribution in [0, 0.1) is 0 Å². The van der Waals surface area contributed by atoms with Crippen molar-refractivity contribution in [3.63, 3.8) is 0 Å². The van der Waals surface area contributed by atoms with E-state index < -0.39 is 12.1 Å². The summed E-state index contributed by atoms with van der Waals surface area (Å²) in [7, 11) is 0. The maximum Gasteiger partial charge on any atom is 0.220 e. The molecule has 0 heterocycles. The van der Waals surface area contributed by atoms with Crippen LogP contribution in [-0.4, -0.2) is 34.9 Å². The third-order valence-electron chi connectivity index (χ3n) is 10.7. The van der Waals surface area contributed by atoms with Crippen molar-refractivity contribution >= 4 is 5.91 Å². The Bertz CT molecular complexity index is 790. The van der Waals surface area contributed by atoms with E-state index in [9.17, 15) is 15.0 Å². The van der Waals surface area contributed by atoms with Crippen LogP contribution in [0.15, 0.2) is 36.5 Å². The second-order valence-corrected chi connectivity index (χ2v) is 15.8. The van der Waals surface area contributed by atoms with Crippen molar-refractivity contribution in [2.45, 2.75) is 257 Å². The highest BCUT2D eigenvalue weighted by atomic mass is 16.3. The fraction of sp³-hybridized carbons (Fsp3) is 0.854. The molecule has 0 bridgehead atoms. The molecule has 0 radical (unpaired) electrons. The number of hydrogen-bond donors (Lipinski definition) is 3. The number of aliphatic hydroxyl groups excluding tert-OH is 2. The predicted molar refractivity (Wildman–Crippen MR) is 230 cm³/mol. The molecule has 0 saturated heterocycles. The van der Waals surface area contributed by atoms with Gasteiger partial charge in [-0.25, -0.2) is 0 Å². The summed E-state index contributed by atoms with van der Waals surface area (Å²) >= 11 is 0. The summed E-state index contributed by atoms with van der Waals surface area (Å²) in [5.41, 5.74) is 0. The summed E-state index contributed by atoms with van der Waals surface area (Å²) in [5, 5.41) is 22.8. The number of carbonyl (C=O) groups excluding carboxylic acids is 1. The number of rotatable bonds is 42. The Labute approximate surface area is 325 Å². The van der Waals surface area contributed by atoms with Gasteiger partial charge in [0.1, 0.15) is 0 Å². The molecule has 0 aromatic carbocycles. The Balaban J connectivity index is 3.34. The van der Waals surface area contributed by atoms with Crippen molar-refractivity contribution in [3.8, 4) is 0 Å². The van der Waals surface area contributed by atoms with Crippen molar-refractivity contribution < 1.29 is 15.0 Å². The quantitative estimate of drug-likeness (QED) is 0.0433. The van der Waals surface area contributed by atoms with Gasteiger partial charge in [-0.05, 0) is 51.4 Å². The van der Waals surface area contributed by atoms with Crippen LogP contribution in [0.5, 0.6) is 0 Å². The molecule has 1 amide bonds. The van der Waals surface area contributed by atoms with E-state index in [0.717, 1.165) is 38.5 Å². The van der Waals surface area contributed by atoms with Gasteiger partial charge in [-0.2, -0.15) is 0 Å². The maximum atomic E-state index is 12.3. The molecule has 0 fully saturated rings. The number of unbranched alkanes of at least 4 members (excludes halogenated alkanes) is 29. The smallest absolute Gasteiger partial charge is 0.220 e. The minimum absolute atomic E-state index is 0.0364. The molecule has 0 aliphatic heterocycles. The molecule has 52 heavy (non-hydrogen) atoms. The number of amides is 1. The second kappa shape index (κ2) is 44.0. The summed E-state index contributed by atoms with van der Waals surface area (Å²) in [6, 6.07) is -0.530. The minimum atomic E-state index is -0.653. The maximum absolute atomic E-state index is 12.3. The van der Waals surface area contributed by atoms with Gasteiger partial charge < -0.3 is 15.5 Å². The number of carbonyl (C=O) groups is 1. The van der Waals surface area contributed by atoms with Crippen LogP contribution in [0.25, 0.3) is 0 Å². The SMILES string of the molecule is CCCCCCC/C=C\C/C=C\C/C=C\CCCCCCCCCCCCCCCCCCCCCCC(=O)NC(CO)C(O)CCCCCCC. The summed E-state index contributed by atoms with van der Waals surface area (Å²) in [5.74, 6) is -0.0364. The van der Waals surface area contributed by atoms with Crippen molar-refractivity contribution in [1.29, 1.82) is 0 Å². The van der Waals surface area contributed by atoms with E-state index in [2.05, 4.69) is 55.6 Å². The van der Waals surface area contributed by atoms with Gasteiger partial charge >= 0.3 is 0 Å². The van der Waals surface area contributed by atoms with Crippen molar-refractivity contribution in [1.82, 2.24) is 5.32 Å². The first-order chi connectivity index (χ1) is 25.7. The van der Waals surface area contributed by atoms with Gasteiger partial charge in [-0.3, -0.25) is 4.79 Å². The number of allylic oxidation sites excluding steroid dienone is 6. The first-order valence-electron chi connectivity index (χ1n) is 23.2. The predicted octanol–water partition coefficient (Wildman–Crippen LogP) is 14.6. The lowest BCUT2D eigenvalue weighted by atomic mass is 10.0. The monoisotopic (exact) mass is 730 g/mol. The highest BCUT2D eigenvalue weighted by Gasteiger charge is 2.19. The van der Waals surface area contributed by atoms with Gasteiger partial charge in [-0.15, -0.1) is 0 Å². The zero-order valence-electron chi connectivity index (χ0n) is 35.1. The topological polar surface area (TPSA) is 69.6 Å². The van der Waals surface area contributed by atoms with Crippen molar-refractivity contribution in [2.75, 3.05) is 6.61 Å². The molecule has 0 aliphatic rings. The Morgan fingerprint density at radius 2 is 0.788 bits per heavy atom. The second-order valence-electron chi connectivity index (χ2n) is 15.8. The van der Waals surface area contributed by atoms with Gasteiger partial charge in [-0.1, -0.05) is 224 Å². The zero-order chi connectivity index (χ0) is 37.8. The van der Waals surface area contributed by atoms with Crippen LogP contribution in [0.2, 0.25) is 0 Å². The zero-order valence-corrected chi connectivity index (χ0v) is 35.1. The average Bonchev–Trinajstić information content (AvgIpc) is 3.15. The van der Waals surface area contributed by atoms with Crippen LogP contribution in [0.3, 0.4) is 0 Å². The lowest BCUT2D eigenvalue weighted by molar-refractivity contribution is -0.123. The summed E-state index contributed by atoms with van der Waals surface area (Å²) in [6.45, 7) is 4.27. The van der Waals surface area contributed by atoms with E-state index in [4.69, 9.17) is 0 Å². The Morgan fingerprint density at radius 1 is 0.462 bits per heavy atom. The standard InChI is InChI=1S/C48H91NO3/c1-3-5-7-9-10-11-12-13-14-15-16-17-18-19-20-21-22-23-24-25-26-27-28-29-30-31-32-33-34-35-36-37-38-40-42-44-48(52)49-46(45-50)47(51)43-41-39-8-6-4-2/h12-13,15-16,18-19,46-47,50-51H,3-11,14,17,20-45H2,1-2H3,(H,49,52)/b13-12-,16-15-,19-18-. The first kappa shape index (κ1) is 50.6. The fourth-order valence-electron chi connectivity index (χ4n) is 7.07. The van der Waals surface area contributed by atoms with Crippen LogP contribution in [0.1, 0.15) is 245 Å². The summed E-state index contributed by atoms with van der Waals surface area (Å²) in [4.78, 5) is 12.3. The van der Waals surface area contributed by atoms with Gasteiger partial charge in [0.25, 0.3) is 0 Å². The first-order valence-corrected chi connectivity index (χ1v) is 23.2. The van der Waals surface area contributed by atoms with E-state index in [1.807, 2.05) is 0 Å². The molecule has 0 aromatic heterocycles. The van der Waals surface area contributed by atoms with Gasteiger partial charge in [0.15, 0.2) is 0 Å². The Morgan fingerprint density at radius 3 is 1.17 bits per heavy atom. The van der Waals surface area contributed by atoms with E-state index in [1.165, 1.54) is 180 Å².